The number of carbonyl (C=O) groups excluding carboxylic acids is 3. The van der Waals surface area contributed by atoms with Crippen LogP contribution in [-0.4, -0.2) is 45.0 Å². The Bertz CT molecular complexity index is 1170. The largest absolute Gasteiger partial charge is 0.466 e. The molecule has 2 aromatic rings. The lowest BCUT2D eigenvalue weighted by Crippen LogP contribution is -2.43. The number of nitrogens with one attached hydrogen (secondary N) is 2. The van der Waals surface area contributed by atoms with E-state index in [1.165, 1.54) is 6.08 Å². The normalized spacial score (nSPS) is 12.7. The number of carbonyl (C=O) groups is 3. The SMILES string of the molecule is CCOC(=O)C/C(=C/C(=O)C(NC(=O)c1ccccc1)C(C)C)Cc1cccc(NS(C)(=O)=O)c1. The second-order valence-corrected chi connectivity index (χ2v) is 10.2. The van der Waals surface area contributed by atoms with Gasteiger partial charge in [-0.25, -0.2) is 8.42 Å². The van der Waals surface area contributed by atoms with Gasteiger partial charge in [0.05, 0.1) is 25.3 Å². The quantitative estimate of drug-likeness (QED) is 0.340. The number of ketones is 1. The van der Waals surface area contributed by atoms with E-state index in [2.05, 4.69) is 10.0 Å². The van der Waals surface area contributed by atoms with E-state index in [-0.39, 0.29) is 37.1 Å². The zero-order valence-corrected chi connectivity index (χ0v) is 21.2. The van der Waals surface area contributed by atoms with Crippen molar-refractivity contribution < 1.29 is 27.5 Å². The maximum Gasteiger partial charge on any atom is 0.309 e. The average molecular weight is 501 g/mol. The Balaban J connectivity index is 2.30. The maximum atomic E-state index is 13.2. The summed E-state index contributed by atoms with van der Waals surface area (Å²) in [6, 6.07) is 14.5. The molecule has 188 valence electrons. The smallest absolute Gasteiger partial charge is 0.309 e. The van der Waals surface area contributed by atoms with E-state index < -0.39 is 22.0 Å². The fraction of sp³-hybridized carbons (Fsp3) is 0.346. The maximum absolute atomic E-state index is 13.2. The molecular formula is C26H32N2O6S. The van der Waals surface area contributed by atoms with E-state index in [0.717, 1.165) is 6.26 Å². The first-order valence-corrected chi connectivity index (χ1v) is 13.2. The van der Waals surface area contributed by atoms with Crippen LogP contribution in [0.5, 0.6) is 0 Å². The van der Waals surface area contributed by atoms with E-state index in [1.807, 2.05) is 13.8 Å². The molecule has 0 radical (unpaired) electrons. The summed E-state index contributed by atoms with van der Waals surface area (Å²) in [4.78, 5) is 38.1. The zero-order valence-electron chi connectivity index (χ0n) is 20.4. The number of rotatable bonds is 12. The number of hydrogen-bond acceptors (Lipinski definition) is 6. The van der Waals surface area contributed by atoms with Crippen LogP contribution in [0.15, 0.2) is 66.2 Å². The standard InChI is InChI=1S/C26H32N2O6S/c1-5-34-24(30)17-20(14-19-10-9-13-22(15-19)28-35(4,32)33)16-23(29)25(18(2)3)27-26(31)21-11-7-6-8-12-21/h6-13,15-16,18,25,28H,5,14,17H2,1-4H3,(H,27,31)/b20-16+. The van der Waals surface area contributed by atoms with Gasteiger partial charge in [0, 0.05) is 11.3 Å². The van der Waals surface area contributed by atoms with Gasteiger partial charge in [0.25, 0.3) is 5.91 Å². The third kappa shape index (κ3) is 9.74. The van der Waals surface area contributed by atoms with Crippen molar-refractivity contribution in [1.82, 2.24) is 5.32 Å². The molecule has 9 heteroatoms. The lowest BCUT2D eigenvalue weighted by atomic mass is 9.94. The average Bonchev–Trinajstić information content (AvgIpc) is 2.76. The van der Waals surface area contributed by atoms with Gasteiger partial charge >= 0.3 is 5.97 Å². The van der Waals surface area contributed by atoms with Crippen LogP contribution >= 0.6 is 0 Å². The zero-order chi connectivity index (χ0) is 26.0. The third-order valence-electron chi connectivity index (χ3n) is 4.98. The van der Waals surface area contributed by atoms with Crippen LogP contribution in [0.3, 0.4) is 0 Å². The van der Waals surface area contributed by atoms with Crippen molar-refractivity contribution in [2.75, 3.05) is 17.6 Å². The second kappa shape index (κ2) is 12.9. The van der Waals surface area contributed by atoms with Gasteiger partial charge in [-0.3, -0.25) is 19.1 Å². The summed E-state index contributed by atoms with van der Waals surface area (Å²) < 4.78 is 30.6. The molecule has 0 spiro atoms. The molecule has 8 nitrogen and oxygen atoms in total. The molecule has 0 saturated heterocycles. The lowest BCUT2D eigenvalue weighted by Gasteiger charge is -2.20. The summed E-state index contributed by atoms with van der Waals surface area (Å²) in [5.74, 6) is -1.38. The van der Waals surface area contributed by atoms with Gasteiger partial charge in [0.2, 0.25) is 10.0 Å². The van der Waals surface area contributed by atoms with Gasteiger partial charge in [-0.2, -0.15) is 0 Å². The van der Waals surface area contributed by atoms with E-state index >= 15 is 0 Å². The number of benzene rings is 2. The first-order valence-electron chi connectivity index (χ1n) is 11.3. The van der Waals surface area contributed by atoms with Crippen molar-refractivity contribution in [3.8, 4) is 0 Å². The highest BCUT2D eigenvalue weighted by Gasteiger charge is 2.24. The van der Waals surface area contributed by atoms with Crippen molar-refractivity contribution in [1.29, 1.82) is 0 Å². The summed E-state index contributed by atoms with van der Waals surface area (Å²) >= 11 is 0. The molecule has 0 saturated carbocycles. The molecule has 0 aliphatic carbocycles. The van der Waals surface area contributed by atoms with Gasteiger partial charge in [0.15, 0.2) is 5.78 Å². The molecule has 1 atom stereocenters. The Morgan fingerprint density at radius 1 is 1.03 bits per heavy atom. The minimum atomic E-state index is -3.46. The number of anilines is 1. The van der Waals surface area contributed by atoms with Gasteiger partial charge in [-0.1, -0.05) is 49.8 Å². The molecule has 1 unspecified atom stereocenters. The van der Waals surface area contributed by atoms with Crippen LogP contribution in [0, 0.1) is 5.92 Å². The summed E-state index contributed by atoms with van der Waals surface area (Å²) in [6.07, 6.45) is 2.55. The highest BCUT2D eigenvalue weighted by Crippen LogP contribution is 2.19. The van der Waals surface area contributed by atoms with Crippen LogP contribution in [0.25, 0.3) is 0 Å². The summed E-state index contributed by atoms with van der Waals surface area (Å²) in [6.45, 7) is 5.55. The number of sulfonamides is 1. The molecule has 0 aliphatic rings. The Morgan fingerprint density at radius 3 is 2.31 bits per heavy atom. The molecule has 2 aromatic carbocycles. The highest BCUT2D eigenvalue weighted by molar-refractivity contribution is 7.92. The minimum absolute atomic E-state index is 0.110. The Kier molecular flexibility index (Phi) is 10.2. The monoisotopic (exact) mass is 500 g/mol. The van der Waals surface area contributed by atoms with Crippen molar-refractivity contribution in [3.63, 3.8) is 0 Å². The molecular weight excluding hydrogens is 468 g/mol. The molecule has 2 N–H and O–H groups in total. The van der Waals surface area contributed by atoms with E-state index in [1.54, 1.807) is 61.5 Å². The first kappa shape index (κ1) is 27.8. The summed E-state index contributed by atoms with van der Waals surface area (Å²) in [5, 5.41) is 2.79. The Labute approximate surface area is 206 Å². The Hall–Kier alpha value is -3.46. The van der Waals surface area contributed by atoms with Crippen LogP contribution in [-0.2, 0) is 30.8 Å². The lowest BCUT2D eigenvalue weighted by molar-refractivity contribution is -0.142. The molecule has 0 heterocycles. The Morgan fingerprint density at radius 2 is 1.71 bits per heavy atom. The van der Waals surface area contributed by atoms with E-state index in [4.69, 9.17) is 4.74 Å². The first-order chi connectivity index (χ1) is 16.5. The van der Waals surface area contributed by atoms with Gasteiger partial charge < -0.3 is 10.1 Å². The fourth-order valence-corrected chi connectivity index (χ4v) is 4.01. The predicted molar refractivity (Wildman–Crippen MR) is 135 cm³/mol. The summed E-state index contributed by atoms with van der Waals surface area (Å²) in [7, 11) is -3.46. The van der Waals surface area contributed by atoms with Crippen molar-refractivity contribution >= 4 is 33.4 Å². The molecule has 2 rings (SSSR count). The molecule has 35 heavy (non-hydrogen) atoms. The molecule has 0 aliphatic heterocycles. The molecule has 0 fully saturated rings. The molecule has 1 amide bonds. The van der Waals surface area contributed by atoms with Gasteiger partial charge in [0.1, 0.15) is 0 Å². The van der Waals surface area contributed by atoms with Crippen LogP contribution in [0.1, 0.15) is 43.1 Å². The highest BCUT2D eigenvalue weighted by atomic mass is 32.2. The second-order valence-electron chi connectivity index (χ2n) is 8.50. The van der Waals surface area contributed by atoms with Crippen molar-refractivity contribution in [3.05, 3.63) is 77.4 Å². The van der Waals surface area contributed by atoms with Crippen LogP contribution < -0.4 is 10.0 Å². The van der Waals surface area contributed by atoms with Crippen molar-refractivity contribution in [2.24, 2.45) is 5.92 Å². The predicted octanol–water partition coefficient (Wildman–Crippen LogP) is 3.50. The third-order valence-corrected chi connectivity index (χ3v) is 5.59. The fourth-order valence-electron chi connectivity index (χ4n) is 3.45. The molecule has 0 aromatic heterocycles. The summed E-state index contributed by atoms with van der Waals surface area (Å²) in [5.41, 5.74) is 2.01. The van der Waals surface area contributed by atoms with Crippen LogP contribution in [0.4, 0.5) is 5.69 Å². The number of hydrogen-bond donors (Lipinski definition) is 2. The van der Waals surface area contributed by atoms with E-state index in [9.17, 15) is 22.8 Å². The van der Waals surface area contributed by atoms with Gasteiger partial charge in [-0.15, -0.1) is 0 Å². The van der Waals surface area contributed by atoms with Crippen molar-refractivity contribution in [2.45, 2.75) is 39.7 Å². The topological polar surface area (TPSA) is 119 Å². The van der Waals surface area contributed by atoms with Gasteiger partial charge in [-0.05, 0) is 55.2 Å². The van der Waals surface area contributed by atoms with Crippen LogP contribution in [0.2, 0.25) is 0 Å². The molecule has 0 bridgehead atoms. The minimum Gasteiger partial charge on any atom is -0.466 e. The number of ether oxygens (including phenoxy) is 1. The number of amides is 1. The number of esters is 1. The van der Waals surface area contributed by atoms with E-state index in [0.29, 0.717) is 22.4 Å².